The summed E-state index contributed by atoms with van der Waals surface area (Å²) in [5, 5.41) is -0.00548. The second-order valence-electron chi connectivity index (χ2n) is 6.90. The van der Waals surface area contributed by atoms with Gasteiger partial charge in [0.1, 0.15) is 17.4 Å². The molecule has 1 amide bonds. The number of carbonyl (C=O) groups is 1. The number of methoxy groups -OCH3 is 1. The molecule has 0 spiro atoms. The van der Waals surface area contributed by atoms with Crippen LogP contribution in [-0.4, -0.2) is 42.3 Å². The van der Waals surface area contributed by atoms with Crippen LogP contribution >= 0.6 is 11.6 Å². The van der Waals surface area contributed by atoms with E-state index in [4.69, 9.17) is 26.8 Å². The molecule has 0 aliphatic heterocycles. The fourth-order valence-corrected chi connectivity index (χ4v) is 2.96. The van der Waals surface area contributed by atoms with Gasteiger partial charge >= 0.3 is 5.69 Å². The van der Waals surface area contributed by atoms with Crippen LogP contribution in [0, 0.1) is 11.7 Å². The molecular weight excluding hydrogens is 419 g/mol. The number of H-pyrrole nitrogens is 1. The minimum atomic E-state index is -0.804. The number of halogens is 2. The van der Waals surface area contributed by atoms with Crippen molar-refractivity contribution in [3.8, 4) is 5.75 Å². The Hall–Kier alpha value is -2.85. The highest BCUT2D eigenvalue weighted by Gasteiger charge is 2.25. The van der Waals surface area contributed by atoms with Crippen LogP contribution in [0.4, 0.5) is 15.9 Å². The van der Waals surface area contributed by atoms with E-state index in [-0.39, 0.29) is 47.9 Å². The molecule has 0 saturated carbocycles. The number of benzene rings is 1. The summed E-state index contributed by atoms with van der Waals surface area (Å²) < 4.78 is 24.8. The van der Waals surface area contributed by atoms with Crippen LogP contribution in [0.5, 0.6) is 5.75 Å². The first-order valence-corrected chi connectivity index (χ1v) is 9.53. The van der Waals surface area contributed by atoms with E-state index in [0.717, 1.165) is 17.0 Å². The number of rotatable bonds is 9. The smallest absolute Gasteiger partial charge is 0.330 e. The number of nitrogens with one attached hydrogen (secondary N) is 1. The van der Waals surface area contributed by atoms with Crippen LogP contribution in [0.2, 0.25) is 5.02 Å². The number of hydrogen-bond donors (Lipinski definition) is 2. The van der Waals surface area contributed by atoms with Crippen molar-refractivity contribution in [2.75, 3.05) is 37.5 Å². The number of hydrogen-bond acceptors (Lipinski definition) is 6. The third-order valence-electron chi connectivity index (χ3n) is 4.10. The molecule has 1 aromatic carbocycles. The molecular formula is C19H24ClFN4O5. The monoisotopic (exact) mass is 442 g/mol. The molecule has 1 aromatic heterocycles. The standard InChI is InChI=1S/C19H24ClFN4O5/c1-11(2)9-25-17(22)16(18(27)23-19(25)28)24(6-7-29-3)15(26)10-30-14-5-4-12(21)8-13(14)20/h4-5,8,11H,6-7,9-10,22H2,1-3H3,(H,23,27,28). The van der Waals surface area contributed by atoms with Gasteiger partial charge in [-0.2, -0.15) is 0 Å². The first-order chi connectivity index (χ1) is 14.1. The number of nitrogen functional groups attached to an aromatic ring is 1. The highest BCUT2D eigenvalue weighted by atomic mass is 35.5. The molecule has 0 aliphatic rings. The van der Waals surface area contributed by atoms with E-state index in [2.05, 4.69) is 4.98 Å². The van der Waals surface area contributed by atoms with Gasteiger partial charge in [0.05, 0.1) is 11.6 Å². The molecule has 0 fully saturated rings. The van der Waals surface area contributed by atoms with Crippen LogP contribution in [0.15, 0.2) is 27.8 Å². The predicted molar refractivity (Wildman–Crippen MR) is 112 cm³/mol. The Morgan fingerprint density at radius 3 is 2.67 bits per heavy atom. The second-order valence-corrected chi connectivity index (χ2v) is 7.31. The average Bonchev–Trinajstić information content (AvgIpc) is 2.66. The fraction of sp³-hybridized carbons (Fsp3) is 0.421. The molecule has 1 heterocycles. The largest absolute Gasteiger partial charge is 0.482 e. The lowest BCUT2D eigenvalue weighted by Gasteiger charge is -2.24. The van der Waals surface area contributed by atoms with Gasteiger partial charge in [-0.1, -0.05) is 25.4 Å². The molecule has 0 radical (unpaired) electrons. The molecule has 0 aliphatic carbocycles. The zero-order valence-electron chi connectivity index (χ0n) is 16.9. The average molecular weight is 443 g/mol. The molecule has 11 heteroatoms. The molecule has 0 atom stereocenters. The first kappa shape index (κ1) is 23.4. The van der Waals surface area contributed by atoms with Crippen molar-refractivity contribution in [1.29, 1.82) is 0 Å². The number of anilines is 2. The molecule has 30 heavy (non-hydrogen) atoms. The van der Waals surface area contributed by atoms with Crippen molar-refractivity contribution in [2.45, 2.75) is 20.4 Å². The van der Waals surface area contributed by atoms with E-state index in [1.54, 1.807) is 0 Å². The Kier molecular flexibility index (Phi) is 8.01. The van der Waals surface area contributed by atoms with Gasteiger partial charge in [0, 0.05) is 20.2 Å². The summed E-state index contributed by atoms with van der Waals surface area (Å²) in [4.78, 5) is 40.8. The minimum Gasteiger partial charge on any atom is -0.482 e. The van der Waals surface area contributed by atoms with E-state index in [9.17, 15) is 18.8 Å². The number of aromatic nitrogens is 2. The van der Waals surface area contributed by atoms with Crippen molar-refractivity contribution < 1.29 is 18.7 Å². The van der Waals surface area contributed by atoms with Gasteiger partial charge in [-0.25, -0.2) is 9.18 Å². The SMILES string of the molecule is COCCN(C(=O)COc1ccc(F)cc1Cl)c1c(N)n(CC(C)C)c(=O)[nH]c1=O. The van der Waals surface area contributed by atoms with E-state index >= 15 is 0 Å². The van der Waals surface area contributed by atoms with Crippen LogP contribution in [0.3, 0.4) is 0 Å². The molecule has 9 nitrogen and oxygen atoms in total. The molecule has 164 valence electrons. The second kappa shape index (κ2) is 10.3. The zero-order chi connectivity index (χ0) is 22.4. The summed E-state index contributed by atoms with van der Waals surface area (Å²) in [5.74, 6) is -1.14. The maximum atomic E-state index is 13.2. The summed E-state index contributed by atoms with van der Waals surface area (Å²) >= 11 is 5.91. The molecule has 0 saturated heterocycles. The first-order valence-electron chi connectivity index (χ1n) is 9.15. The zero-order valence-corrected chi connectivity index (χ0v) is 17.7. The van der Waals surface area contributed by atoms with Crippen molar-refractivity contribution in [3.63, 3.8) is 0 Å². The van der Waals surface area contributed by atoms with Gasteiger partial charge in [-0.3, -0.25) is 24.0 Å². The van der Waals surface area contributed by atoms with Gasteiger partial charge in [0.2, 0.25) is 0 Å². The number of nitrogens with two attached hydrogens (primary N) is 1. The van der Waals surface area contributed by atoms with E-state index < -0.39 is 29.6 Å². The number of ether oxygens (including phenoxy) is 2. The highest BCUT2D eigenvalue weighted by Crippen LogP contribution is 2.25. The predicted octanol–water partition coefficient (Wildman–Crippen LogP) is 1.63. The Labute approximate surface area is 177 Å². The van der Waals surface area contributed by atoms with Gasteiger partial charge in [-0.05, 0) is 24.1 Å². The number of nitrogens with zero attached hydrogens (tertiary/aromatic N) is 2. The quantitative estimate of drug-likeness (QED) is 0.609. The summed E-state index contributed by atoms with van der Waals surface area (Å²) in [5.41, 5.74) is 4.45. The maximum absolute atomic E-state index is 13.2. The van der Waals surface area contributed by atoms with Crippen LogP contribution < -0.4 is 26.6 Å². The van der Waals surface area contributed by atoms with E-state index in [0.29, 0.717) is 0 Å². The number of carbonyl (C=O) groups excluding carboxylic acids is 1. The number of amides is 1. The van der Waals surface area contributed by atoms with Crippen LogP contribution in [-0.2, 0) is 16.1 Å². The highest BCUT2D eigenvalue weighted by molar-refractivity contribution is 6.32. The Morgan fingerprint density at radius 1 is 1.37 bits per heavy atom. The Balaban J connectivity index is 2.38. The third-order valence-corrected chi connectivity index (χ3v) is 4.39. The number of aromatic amines is 1. The van der Waals surface area contributed by atoms with Gasteiger partial charge in [0.15, 0.2) is 12.3 Å². The molecule has 3 N–H and O–H groups in total. The van der Waals surface area contributed by atoms with Gasteiger partial charge in [0.25, 0.3) is 11.5 Å². The lowest BCUT2D eigenvalue weighted by molar-refractivity contribution is -0.120. The summed E-state index contributed by atoms with van der Waals surface area (Å²) in [6.07, 6.45) is 0. The van der Waals surface area contributed by atoms with Crippen molar-refractivity contribution in [3.05, 3.63) is 49.9 Å². The van der Waals surface area contributed by atoms with Crippen molar-refractivity contribution in [1.82, 2.24) is 9.55 Å². The molecule has 0 unspecified atom stereocenters. The Morgan fingerprint density at radius 2 is 2.07 bits per heavy atom. The van der Waals surface area contributed by atoms with Crippen LogP contribution in [0.1, 0.15) is 13.8 Å². The summed E-state index contributed by atoms with van der Waals surface area (Å²) in [7, 11) is 1.44. The minimum absolute atomic E-state index is 0.00548. The molecule has 2 rings (SSSR count). The van der Waals surface area contributed by atoms with Gasteiger partial charge < -0.3 is 15.2 Å². The normalized spacial score (nSPS) is 11.0. The maximum Gasteiger partial charge on any atom is 0.330 e. The molecule has 2 aromatic rings. The van der Waals surface area contributed by atoms with Crippen molar-refractivity contribution >= 4 is 29.0 Å². The van der Waals surface area contributed by atoms with Crippen LogP contribution in [0.25, 0.3) is 0 Å². The third kappa shape index (κ3) is 5.61. The lowest BCUT2D eigenvalue weighted by atomic mass is 10.2. The van der Waals surface area contributed by atoms with E-state index in [1.807, 2.05) is 13.8 Å². The van der Waals surface area contributed by atoms with Gasteiger partial charge in [-0.15, -0.1) is 0 Å². The summed E-state index contributed by atoms with van der Waals surface area (Å²) in [6, 6.07) is 3.47. The summed E-state index contributed by atoms with van der Waals surface area (Å²) in [6.45, 7) is 3.60. The van der Waals surface area contributed by atoms with Crippen molar-refractivity contribution in [2.24, 2.45) is 5.92 Å². The topological polar surface area (TPSA) is 120 Å². The molecule has 0 bridgehead atoms. The van der Waals surface area contributed by atoms with E-state index in [1.165, 1.54) is 17.7 Å². The fourth-order valence-electron chi connectivity index (χ4n) is 2.74. The Bertz CT molecular complexity index is 1020. The lowest BCUT2D eigenvalue weighted by Crippen LogP contribution is -2.44.